The second-order valence-corrected chi connectivity index (χ2v) is 6.07. The van der Waals surface area contributed by atoms with Gasteiger partial charge in [0.1, 0.15) is 0 Å². The molecule has 0 aliphatic carbocycles. The van der Waals surface area contributed by atoms with Crippen molar-refractivity contribution in [2.75, 3.05) is 0 Å². The zero-order valence-electron chi connectivity index (χ0n) is 12.5. The zero-order chi connectivity index (χ0) is 15.0. The monoisotopic (exact) mass is 275 g/mol. The molecule has 1 fully saturated rings. The third-order valence-corrected chi connectivity index (χ3v) is 3.95. The number of nitrogens with zero attached hydrogens (tertiary/aromatic N) is 1. The van der Waals surface area contributed by atoms with Crippen LogP contribution in [0.25, 0.3) is 0 Å². The van der Waals surface area contributed by atoms with E-state index in [1.54, 1.807) is 0 Å². The van der Waals surface area contributed by atoms with Crippen LogP contribution in [0.2, 0.25) is 0 Å². The number of hydrogen-bond acceptors (Lipinski definition) is 3. The molecule has 4 N–H and O–H groups in total. The van der Waals surface area contributed by atoms with Crippen molar-refractivity contribution in [1.29, 1.82) is 0 Å². The van der Waals surface area contributed by atoms with Gasteiger partial charge in [-0.25, -0.2) is 4.99 Å². The highest BCUT2D eigenvalue weighted by Gasteiger charge is 2.51. The molecule has 0 unspecified atom stereocenters. The summed E-state index contributed by atoms with van der Waals surface area (Å²) in [5.74, 6) is 0.0973. The van der Waals surface area contributed by atoms with Gasteiger partial charge in [0.25, 0.3) is 0 Å². The van der Waals surface area contributed by atoms with E-state index >= 15 is 0 Å². The quantitative estimate of drug-likeness (QED) is 0.484. The minimum absolute atomic E-state index is 0.0973. The molecule has 1 aromatic rings. The van der Waals surface area contributed by atoms with Gasteiger partial charge in [0.2, 0.25) is 0 Å². The molecule has 5 nitrogen and oxygen atoms in total. The molecular weight excluding hydrogens is 253 g/mol. The zero-order valence-corrected chi connectivity index (χ0v) is 12.5. The maximum atomic E-state index is 6.00. The predicted molar refractivity (Wildman–Crippen MR) is 81.7 cm³/mol. The van der Waals surface area contributed by atoms with Crippen molar-refractivity contribution >= 4 is 18.5 Å². The lowest BCUT2D eigenvalue weighted by molar-refractivity contribution is 0.00578. The molecule has 0 aromatic heterocycles. The molecule has 20 heavy (non-hydrogen) atoms. The first-order valence-corrected chi connectivity index (χ1v) is 6.71. The highest BCUT2D eigenvalue weighted by atomic mass is 16.7. The van der Waals surface area contributed by atoms with E-state index in [1.807, 2.05) is 52.0 Å². The Morgan fingerprint density at radius 2 is 1.55 bits per heavy atom. The fourth-order valence-electron chi connectivity index (χ4n) is 1.94. The van der Waals surface area contributed by atoms with Gasteiger partial charge in [0.05, 0.1) is 17.7 Å². The molecule has 108 valence electrons. The average molecular weight is 275 g/mol. The van der Waals surface area contributed by atoms with E-state index < -0.39 is 0 Å². The summed E-state index contributed by atoms with van der Waals surface area (Å²) in [4.78, 5) is 3.98. The lowest BCUT2D eigenvalue weighted by Gasteiger charge is -2.32. The highest BCUT2D eigenvalue weighted by Crippen LogP contribution is 2.36. The third-order valence-electron chi connectivity index (χ3n) is 3.95. The Morgan fingerprint density at radius 3 is 2.00 bits per heavy atom. The first-order valence-electron chi connectivity index (χ1n) is 6.71. The molecule has 0 saturated carbocycles. The molecule has 1 saturated heterocycles. The summed E-state index contributed by atoms with van der Waals surface area (Å²) < 4.78 is 12.0. The van der Waals surface area contributed by atoms with Crippen molar-refractivity contribution in [3.63, 3.8) is 0 Å². The van der Waals surface area contributed by atoms with Crippen molar-refractivity contribution in [1.82, 2.24) is 0 Å². The minimum atomic E-state index is -0.336. The van der Waals surface area contributed by atoms with Crippen LogP contribution in [0.5, 0.6) is 0 Å². The smallest absolute Gasteiger partial charge is 0.399 e. The first kappa shape index (κ1) is 14.9. The molecule has 1 aromatic carbocycles. The first-order chi connectivity index (χ1) is 9.21. The summed E-state index contributed by atoms with van der Waals surface area (Å²) in [6.45, 7) is 8.65. The Balaban J connectivity index is 2.10. The Bertz CT molecular complexity index is 492. The molecule has 6 heteroatoms. The van der Waals surface area contributed by atoms with Crippen molar-refractivity contribution in [2.45, 2.75) is 45.4 Å². The van der Waals surface area contributed by atoms with Gasteiger partial charge in [0, 0.05) is 0 Å². The third kappa shape index (κ3) is 2.97. The maximum absolute atomic E-state index is 6.00. The SMILES string of the molecule is CC1(C)OB(c2ccc(CN=C(N)N)cc2)OC1(C)C. The molecule has 0 spiro atoms. The lowest BCUT2D eigenvalue weighted by Crippen LogP contribution is -2.41. The molecular formula is C14H22BN3O2. The Labute approximate surface area is 120 Å². The molecule has 2 rings (SSSR count). The van der Waals surface area contributed by atoms with E-state index in [2.05, 4.69) is 4.99 Å². The summed E-state index contributed by atoms with van der Waals surface area (Å²) in [5, 5.41) is 0. The normalized spacial score (nSPS) is 19.9. The van der Waals surface area contributed by atoms with Gasteiger partial charge in [-0.15, -0.1) is 0 Å². The Morgan fingerprint density at radius 1 is 1.05 bits per heavy atom. The minimum Gasteiger partial charge on any atom is -0.399 e. The van der Waals surface area contributed by atoms with E-state index in [4.69, 9.17) is 20.8 Å². The second kappa shape index (κ2) is 5.11. The standard InChI is InChI=1S/C14H22BN3O2/c1-13(2)14(3,4)20-15(19-13)11-7-5-10(6-8-11)9-18-12(16)17/h5-8H,9H2,1-4H3,(H4,16,17,18). The topological polar surface area (TPSA) is 82.9 Å². The summed E-state index contributed by atoms with van der Waals surface area (Å²) in [6.07, 6.45) is 0. The second-order valence-electron chi connectivity index (χ2n) is 6.07. The lowest BCUT2D eigenvalue weighted by atomic mass is 9.79. The highest BCUT2D eigenvalue weighted by molar-refractivity contribution is 6.62. The van der Waals surface area contributed by atoms with Gasteiger partial charge in [-0.05, 0) is 38.7 Å². The number of nitrogens with two attached hydrogens (primary N) is 2. The summed E-state index contributed by atoms with van der Waals surface area (Å²) in [7, 11) is -0.336. The molecule has 0 bridgehead atoms. The maximum Gasteiger partial charge on any atom is 0.494 e. The van der Waals surface area contributed by atoms with Crippen LogP contribution in [-0.2, 0) is 15.9 Å². The number of rotatable bonds is 3. The van der Waals surface area contributed by atoms with Crippen LogP contribution in [0.3, 0.4) is 0 Å². The summed E-state index contributed by atoms with van der Waals surface area (Å²) >= 11 is 0. The summed E-state index contributed by atoms with van der Waals surface area (Å²) in [5.41, 5.74) is 12.0. The van der Waals surface area contributed by atoms with Crippen LogP contribution in [-0.4, -0.2) is 24.3 Å². The number of guanidine groups is 1. The van der Waals surface area contributed by atoms with E-state index in [1.165, 1.54) is 0 Å². The van der Waals surface area contributed by atoms with Crippen molar-refractivity contribution in [2.24, 2.45) is 16.5 Å². The van der Waals surface area contributed by atoms with Gasteiger partial charge in [0.15, 0.2) is 5.96 Å². The van der Waals surface area contributed by atoms with Crippen LogP contribution in [0.1, 0.15) is 33.3 Å². The molecule has 1 heterocycles. The van der Waals surface area contributed by atoms with E-state index in [0.717, 1.165) is 11.0 Å². The average Bonchev–Trinajstić information content (AvgIpc) is 2.56. The van der Waals surface area contributed by atoms with Gasteiger partial charge < -0.3 is 20.8 Å². The molecule has 0 radical (unpaired) electrons. The molecule has 1 aliphatic heterocycles. The van der Waals surface area contributed by atoms with Crippen molar-refractivity contribution in [3.05, 3.63) is 29.8 Å². The molecule has 1 aliphatic rings. The largest absolute Gasteiger partial charge is 0.494 e. The Hall–Kier alpha value is -1.53. The van der Waals surface area contributed by atoms with E-state index in [9.17, 15) is 0 Å². The van der Waals surface area contributed by atoms with Crippen molar-refractivity contribution < 1.29 is 9.31 Å². The Kier molecular flexibility index (Phi) is 3.80. The summed E-state index contributed by atoms with van der Waals surface area (Å²) in [6, 6.07) is 7.93. The molecule has 0 atom stereocenters. The van der Waals surface area contributed by atoms with E-state index in [0.29, 0.717) is 6.54 Å². The molecule has 0 amide bonds. The van der Waals surface area contributed by atoms with Crippen LogP contribution < -0.4 is 16.9 Å². The number of benzene rings is 1. The van der Waals surface area contributed by atoms with Gasteiger partial charge in [-0.2, -0.15) is 0 Å². The van der Waals surface area contributed by atoms with Crippen LogP contribution in [0.4, 0.5) is 0 Å². The van der Waals surface area contributed by atoms with Crippen LogP contribution >= 0.6 is 0 Å². The van der Waals surface area contributed by atoms with Gasteiger partial charge in [-0.1, -0.05) is 24.3 Å². The van der Waals surface area contributed by atoms with Crippen molar-refractivity contribution in [3.8, 4) is 0 Å². The van der Waals surface area contributed by atoms with Crippen LogP contribution in [0.15, 0.2) is 29.3 Å². The van der Waals surface area contributed by atoms with Gasteiger partial charge >= 0.3 is 7.12 Å². The fourth-order valence-corrected chi connectivity index (χ4v) is 1.94. The van der Waals surface area contributed by atoms with Gasteiger partial charge in [-0.3, -0.25) is 0 Å². The van der Waals surface area contributed by atoms with E-state index in [-0.39, 0.29) is 24.3 Å². The van der Waals surface area contributed by atoms with Crippen LogP contribution in [0, 0.1) is 0 Å². The predicted octanol–water partition coefficient (Wildman–Crippen LogP) is 0.759. The number of hydrogen-bond donors (Lipinski definition) is 2. The number of aliphatic imine (C=N–C) groups is 1. The fraction of sp³-hybridized carbons (Fsp3) is 0.500.